The van der Waals surface area contributed by atoms with E-state index in [2.05, 4.69) is 49.4 Å². The standard InChI is InChI=1S/C23H28O2/c1-3-17-8-14-21(15-9-17)25-16-23-18(12-13-20(24)4-2)6-5-7-22(23)19-10-11-19/h5-9,14-15,19H,3-4,10-13,16H2,1-2H3. The van der Waals surface area contributed by atoms with E-state index >= 15 is 0 Å². The Balaban J connectivity index is 1.75. The predicted octanol–water partition coefficient (Wildman–Crippen LogP) is 5.62. The van der Waals surface area contributed by atoms with Crippen molar-refractivity contribution in [2.75, 3.05) is 0 Å². The zero-order chi connectivity index (χ0) is 17.6. The highest BCUT2D eigenvalue weighted by Gasteiger charge is 2.27. The minimum absolute atomic E-state index is 0.332. The molecule has 0 aromatic heterocycles. The van der Waals surface area contributed by atoms with Crippen molar-refractivity contribution in [1.29, 1.82) is 0 Å². The number of rotatable bonds is 9. The second-order valence-electron chi connectivity index (χ2n) is 6.94. The lowest BCUT2D eigenvalue weighted by atomic mass is 9.94. The fourth-order valence-electron chi connectivity index (χ4n) is 3.27. The Labute approximate surface area is 151 Å². The molecule has 1 saturated carbocycles. The lowest BCUT2D eigenvalue weighted by Crippen LogP contribution is -2.06. The SMILES string of the molecule is CCC(=O)CCc1cccc(C2CC2)c1COc1ccc(CC)cc1. The minimum Gasteiger partial charge on any atom is -0.489 e. The largest absolute Gasteiger partial charge is 0.489 e. The van der Waals surface area contributed by atoms with Crippen molar-refractivity contribution < 1.29 is 9.53 Å². The number of ether oxygens (including phenoxy) is 1. The number of hydrogen-bond donors (Lipinski definition) is 0. The molecule has 0 heterocycles. The first-order chi connectivity index (χ1) is 12.2. The van der Waals surface area contributed by atoms with Gasteiger partial charge in [-0.2, -0.15) is 0 Å². The maximum atomic E-state index is 11.7. The first-order valence-electron chi connectivity index (χ1n) is 9.55. The monoisotopic (exact) mass is 336 g/mol. The van der Waals surface area contributed by atoms with E-state index in [-0.39, 0.29) is 0 Å². The van der Waals surface area contributed by atoms with Crippen LogP contribution in [-0.2, 0) is 24.2 Å². The summed E-state index contributed by atoms with van der Waals surface area (Å²) in [6.45, 7) is 4.69. The number of carbonyl (C=O) groups excluding carboxylic acids is 1. The van der Waals surface area contributed by atoms with Crippen LogP contribution in [0.1, 0.15) is 67.7 Å². The highest BCUT2D eigenvalue weighted by Crippen LogP contribution is 2.42. The Hall–Kier alpha value is -2.09. The summed E-state index contributed by atoms with van der Waals surface area (Å²) in [4.78, 5) is 11.7. The molecule has 25 heavy (non-hydrogen) atoms. The average Bonchev–Trinajstić information content (AvgIpc) is 3.50. The van der Waals surface area contributed by atoms with Gasteiger partial charge in [-0.3, -0.25) is 4.79 Å². The van der Waals surface area contributed by atoms with Crippen LogP contribution >= 0.6 is 0 Å². The van der Waals surface area contributed by atoms with Gasteiger partial charge in [0.05, 0.1) is 0 Å². The quantitative estimate of drug-likeness (QED) is 0.594. The van der Waals surface area contributed by atoms with Gasteiger partial charge >= 0.3 is 0 Å². The van der Waals surface area contributed by atoms with Crippen LogP contribution in [0.3, 0.4) is 0 Å². The number of benzene rings is 2. The zero-order valence-electron chi connectivity index (χ0n) is 15.4. The van der Waals surface area contributed by atoms with Crippen LogP contribution in [0.4, 0.5) is 0 Å². The predicted molar refractivity (Wildman–Crippen MR) is 102 cm³/mol. The van der Waals surface area contributed by atoms with Gasteiger partial charge in [-0.05, 0) is 66.0 Å². The van der Waals surface area contributed by atoms with E-state index in [1.165, 1.54) is 35.1 Å². The third-order valence-electron chi connectivity index (χ3n) is 5.11. The molecule has 1 fully saturated rings. The minimum atomic E-state index is 0.332. The summed E-state index contributed by atoms with van der Waals surface area (Å²) in [6.07, 6.45) is 5.66. The highest BCUT2D eigenvalue weighted by molar-refractivity contribution is 5.78. The highest BCUT2D eigenvalue weighted by atomic mass is 16.5. The van der Waals surface area contributed by atoms with Crippen LogP contribution in [0.2, 0.25) is 0 Å². The molecule has 0 saturated heterocycles. The Bertz CT molecular complexity index is 711. The number of carbonyl (C=O) groups is 1. The van der Waals surface area contributed by atoms with Crippen LogP contribution in [0, 0.1) is 0 Å². The topological polar surface area (TPSA) is 26.3 Å². The van der Waals surface area contributed by atoms with Gasteiger partial charge in [0, 0.05) is 12.8 Å². The molecule has 2 aromatic carbocycles. The fourth-order valence-corrected chi connectivity index (χ4v) is 3.27. The molecule has 2 heteroatoms. The number of ketones is 1. The molecule has 3 rings (SSSR count). The second kappa shape index (κ2) is 8.33. The first kappa shape index (κ1) is 17.7. The molecule has 0 bridgehead atoms. The Morgan fingerprint density at radius 3 is 2.48 bits per heavy atom. The van der Waals surface area contributed by atoms with Crippen LogP contribution in [-0.4, -0.2) is 5.78 Å². The smallest absolute Gasteiger partial charge is 0.132 e. The number of Topliss-reactive ketones (excluding diaryl/α,β-unsaturated/α-hetero) is 1. The van der Waals surface area contributed by atoms with Gasteiger partial charge in [0.15, 0.2) is 0 Å². The normalized spacial score (nSPS) is 13.7. The van der Waals surface area contributed by atoms with Crippen molar-refractivity contribution in [3.8, 4) is 5.75 Å². The van der Waals surface area contributed by atoms with Crippen LogP contribution < -0.4 is 4.74 Å². The van der Waals surface area contributed by atoms with E-state index in [1.54, 1.807) is 0 Å². The molecule has 1 aliphatic carbocycles. The van der Waals surface area contributed by atoms with E-state index in [0.717, 1.165) is 18.6 Å². The lowest BCUT2D eigenvalue weighted by molar-refractivity contribution is -0.118. The average molecular weight is 336 g/mol. The van der Waals surface area contributed by atoms with Gasteiger partial charge in [-0.15, -0.1) is 0 Å². The summed E-state index contributed by atoms with van der Waals surface area (Å²) < 4.78 is 6.10. The van der Waals surface area contributed by atoms with E-state index in [0.29, 0.717) is 31.1 Å². The summed E-state index contributed by atoms with van der Waals surface area (Å²) in [6, 6.07) is 14.9. The molecule has 0 amide bonds. The van der Waals surface area contributed by atoms with Gasteiger partial charge in [-0.1, -0.05) is 44.2 Å². The molecule has 0 spiro atoms. The maximum Gasteiger partial charge on any atom is 0.132 e. The van der Waals surface area contributed by atoms with Crippen molar-refractivity contribution in [3.05, 3.63) is 64.7 Å². The van der Waals surface area contributed by atoms with Gasteiger partial charge in [-0.25, -0.2) is 0 Å². The number of aryl methyl sites for hydroxylation is 2. The van der Waals surface area contributed by atoms with Crippen molar-refractivity contribution in [2.24, 2.45) is 0 Å². The first-order valence-corrected chi connectivity index (χ1v) is 9.55. The molecule has 0 atom stereocenters. The summed E-state index contributed by atoms with van der Waals surface area (Å²) in [5, 5.41) is 0. The molecule has 0 unspecified atom stereocenters. The van der Waals surface area contributed by atoms with Crippen LogP contribution in [0.5, 0.6) is 5.75 Å². The van der Waals surface area contributed by atoms with Gasteiger partial charge < -0.3 is 4.74 Å². The molecule has 0 aliphatic heterocycles. The van der Waals surface area contributed by atoms with Crippen molar-refractivity contribution in [1.82, 2.24) is 0 Å². The van der Waals surface area contributed by atoms with E-state index in [9.17, 15) is 4.79 Å². The van der Waals surface area contributed by atoms with Gasteiger partial charge in [0.2, 0.25) is 0 Å². The third-order valence-corrected chi connectivity index (χ3v) is 5.11. The molecular weight excluding hydrogens is 308 g/mol. The molecule has 0 radical (unpaired) electrons. The Morgan fingerprint density at radius 2 is 1.84 bits per heavy atom. The fraction of sp³-hybridized carbons (Fsp3) is 0.435. The van der Waals surface area contributed by atoms with E-state index in [4.69, 9.17) is 4.74 Å². The Kier molecular flexibility index (Phi) is 5.91. The summed E-state index contributed by atoms with van der Waals surface area (Å²) in [5.74, 6) is 1.93. The van der Waals surface area contributed by atoms with Crippen LogP contribution in [0.25, 0.3) is 0 Å². The van der Waals surface area contributed by atoms with Gasteiger partial charge in [0.1, 0.15) is 18.1 Å². The lowest BCUT2D eigenvalue weighted by Gasteiger charge is -2.16. The van der Waals surface area contributed by atoms with Gasteiger partial charge in [0.25, 0.3) is 0 Å². The molecule has 2 nitrogen and oxygen atoms in total. The summed E-state index contributed by atoms with van der Waals surface area (Å²) in [5.41, 5.74) is 5.32. The van der Waals surface area contributed by atoms with E-state index < -0.39 is 0 Å². The third kappa shape index (κ3) is 4.72. The molecular formula is C23H28O2. The molecule has 1 aliphatic rings. The Morgan fingerprint density at radius 1 is 1.08 bits per heavy atom. The maximum absolute atomic E-state index is 11.7. The molecule has 2 aromatic rings. The summed E-state index contributed by atoms with van der Waals surface area (Å²) >= 11 is 0. The number of hydrogen-bond acceptors (Lipinski definition) is 2. The van der Waals surface area contributed by atoms with Crippen LogP contribution in [0.15, 0.2) is 42.5 Å². The second-order valence-corrected chi connectivity index (χ2v) is 6.94. The molecule has 132 valence electrons. The van der Waals surface area contributed by atoms with Crippen molar-refractivity contribution in [3.63, 3.8) is 0 Å². The summed E-state index contributed by atoms with van der Waals surface area (Å²) in [7, 11) is 0. The van der Waals surface area contributed by atoms with Crippen molar-refractivity contribution >= 4 is 5.78 Å². The van der Waals surface area contributed by atoms with E-state index in [1.807, 2.05) is 6.92 Å². The van der Waals surface area contributed by atoms with Crippen molar-refractivity contribution in [2.45, 2.75) is 64.9 Å². The zero-order valence-corrected chi connectivity index (χ0v) is 15.4. The molecule has 0 N–H and O–H groups in total.